The molecule has 0 aliphatic carbocycles. The van der Waals surface area contributed by atoms with Crippen LogP contribution in [-0.2, 0) is 0 Å². The minimum absolute atomic E-state index is 0.107. The zero-order chi connectivity index (χ0) is 9.19. The van der Waals surface area contributed by atoms with Gasteiger partial charge in [-0.1, -0.05) is 0 Å². The van der Waals surface area contributed by atoms with Crippen molar-refractivity contribution in [1.29, 1.82) is 0 Å². The number of halogens is 3. The molecular formula is C6H7F3N2O. The third-order valence-corrected chi connectivity index (χ3v) is 1.05. The third kappa shape index (κ3) is 2.81. The highest BCUT2D eigenvalue weighted by Gasteiger charge is 2.28. The van der Waals surface area contributed by atoms with Crippen LogP contribution in [0.2, 0.25) is 0 Å². The number of nitrogens with zero attached hydrogens (tertiary/aromatic N) is 1. The van der Waals surface area contributed by atoms with Crippen LogP contribution < -0.4 is 4.74 Å². The van der Waals surface area contributed by atoms with E-state index >= 15 is 0 Å². The third-order valence-electron chi connectivity index (χ3n) is 1.05. The Kier molecular flexibility index (Phi) is 2.25. The molecule has 0 aromatic carbocycles. The second kappa shape index (κ2) is 3.04. The topological polar surface area (TPSA) is 37.9 Å². The smallest absolute Gasteiger partial charge is 0.422 e. The van der Waals surface area contributed by atoms with Crippen LogP contribution in [0.1, 0.15) is 5.69 Å². The molecule has 12 heavy (non-hydrogen) atoms. The lowest BCUT2D eigenvalue weighted by atomic mass is 10.6. The van der Waals surface area contributed by atoms with Gasteiger partial charge in [0.25, 0.3) is 6.01 Å². The van der Waals surface area contributed by atoms with E-state index in [1.54, 1.807) is 6.92 Å². The maximum Gasteiger partial charge on any atom is 0.422 e. The number of rotatable bonds is 2. The van der Waals surface area contributed by atoms with Crippen molar-refractivity contribution >= 4 is 0 Å². The highest BCUT2D eigenvalue weighted by Crippen LogP contribution is 2.15. The molecule has 0 saturated carbocycles. The summed E-state index contributed by atoms with van der Waals surface area (Å²) in [6, 6.07) is -0.107. The molecule has 0 aliphatic heterocycles. The zero-order valence-corrected chi connectivity index (χ0v) is 6.27. The van der Waals surface area contributed by atoms with Crippen molar-refractivity contribution < 1.29 is 17.9 Å². The molecule has 1 rings (SSSR count). The van der Waals surface area contributed by atoms with Crippen molar-refractivity contribution in [2.24, 2.45) is 0 Å². The van der Waals surface area contributed by atoms with E-state index < -0.39 is 12.8 Å². The second-order valence-corrected chi connectivity index (χ2v) is 2.28. The largest absolute Gasteiger partial charge is 0.455 e. The Morgan fingerprint density at radius 2 is 2.25 bits per heavy atom. The van der Waals surface area contributed by atoms with Crippen molar-refractivity contribution in [3.05, 3.63) is 11.9 Å². The Balaban J connectivity index is 2.44. The molecule has 68 valence electrons. The molecule has 0 bridgehead atoms. The number of alkyl halides is 3. The Bertz CT molecular complexity index is 256. The summed E-state index contributed by atoms with van der Waals surface area (Å²) in [7, 11) is 0. The number of imidazole rings is 1. The van der Waals surface area contributed by atoms with Crippen LogP contribution in [0.3, 0.4) is 0 Å². The number of aryl methyl sites for hydroxylation is 1. The van der Waals surface area contributed by atoms with Crippen LogP contribution >= 0.6 is 0 Å². The van der Waals surface area contributed by atoms with Gasteiger partial charge in [-0.25, -0.2) is 4.98 Å². The molecule has 0 unspecified atom stereocenters. The van der Waals surface area contributed by atoms with Crippen LogP contribution in [0.5, 0.6) is 6.01 Å². The number of hydrogen-bond acceptors (Lipinski definition) is 2. The number of aromatic amines is 1. The zero-order valence-electron chi connectivity index (χ0n) is 6.27. The van der Waals surface area contributed by atoms with E-state index in [1.807, 2.05) is 0 Å². The highest BCUT2D eigenvalue weighted by atomic mass is 19.4. The Morgan fingerprint density at radius 1 is 1.58 bits per heavy atom. The normalized spacial score (nSPS) is 11.7. The minimum Gasteiger partial charge on any atom is -0.455 e. The van der Waals surface area contributed by atoms with Gasteiger partial charge in [-0.15, -0.1) is 0 Å². The predicted octanol–water partition coefficient (Wildman–Crippen LogP) is 1.66. The lowest BCUT2D eigenvalue weighted by Gasteiger charge is -2.05. The Labute approximate surface area is 66.6 Å². The number of hydrogen-bond donors (Lipinski definition) is 1. The van der Waals surface area contributed by atoms with E-state index in [9.17, 15) is 13.2 Å². The SMILES string of the molecule is Cc1cnc(OCC(F)(F)F)[nH]1. The van der Waals surface area contributed by atoms with Crippen molar-refractivity contribution in [1.82, 2.24) is 9.97 Å². The first-order valence-corrected chi connectivity index (χ1v) is 3.18. The molecule has 1 aromatic rings. The summed E-state index contributed by atoms with van der Waals surface area (Å²) in [5.41, 5.74) is 0.659. The van der Waals surface area contributed by atoms with E-state index in [0.29, 0.717) is 5.69 Å². The van der Waals surface area contributed by atoms with E-state index in [2.05, 4.69) is 14.7 Å². The Hall–Kier alpha value is -1.20. The molecule has 6 heteroatoms. The van der Waals surface area contributed by atoms with Crippen LogP contribution in [-0.4, -0.2) is 22.8 Å². The second-order valence-electron chi connectivity index (χ2n) is 2.28. The van der Waals surface area contributed by atoms with Crippen LogP contribution in [0.15, 0.2) is 6.20 Å². The van der Waals surface area contributed by atoms with Gasteiger partial charge in [0.15, 0.2) is 6.61 Å². The molecule has 0 spiro atoms. The summed E-state index contributed by atoms with van der Waals surface area (Å²) in [4.78, 5) is 6.06. The predicted molar refractivity (Wildman–Crippen MR) is 34.9 cm³/mol. The van der Waals surface area contributed by atoms with E-state index in [-0.39, 0.29) is 6.01 Å². The van der Waals surface area contributed by atoms with E-state index in [4.69, 9.17) is 0 Å². The van der Waals surface area contributed by atoms with Gasteiger partial charge in [0.1, 0.15) is 0 Å². The molecule has 0 amide bonds. The summed E-state index contributed by atoms with van der Waals surface area (Å²) < 4.78 is 39.0. The van der Waals surface area contributed by atoms with Crippen LogP contribution in [0.4, 0.5) is 13.2 Å². The fourth-order valence-corrected chi connectivity index (χ4v) is 0.612. The van der Waals surface area contributed by atoms with Gasteiger partial charge in [0.05, 0.1) is 6.20 Å². The van der Waals surface area contributed by atoms with Crippen molar-refractivity contribution in [2.45, 2.75) is 13.1 Å². The molecule has 1 heterocycles. The van der Waals surface area contributed by atoms with Crippen molar-refractivity contribution in [3.63, 3.8) is 0 Å². The Morgan fingerprint density at radius 3 is 2.67 bits per heavy atom. The molecule has 3 nitrogen and oxygen atoms in total. The fourth-order valence-electron chi connectivity index (χ4n) is 0.612. The summed E-state index contributed by atoms with van der Waals surface area (Å²) in [5, 5.41) is 0. The summed E-state index contributed by atoms with van der Waals surface area (Å²) in [5.74, 6) is 0. The van der Waals surface area contributed by atoms with Gasteiger partial charge < -0.3 is 9.72 Å². The lowest BCUT2D eigenvalue weighted by Crippen LogP contribution is -2.19. The lowest BCUT2D eigenvalue weighted by molar-refractivity contribution is -0.154. The first-order chi connectivity index (χ1) is 5.47. The highest BCUT2D eigenvalue weighted by molar-refractivity contribution is 5.02. The standard InChI is InChI=1S/C6H7F3N2O/c1-4-2-10-5(11-4)12-3-6(7,8)9/h2H,3H2,1H3,(H,10,11). The number of aromatic nitrogens is 2. The van der Waals surface area contributed by atoms with E-state index in [1.165, 1.54) is 6.20 Å². The molecule has 0 aliphatic rings. The average molecular weight is 180 g/mol. The molecule has 1 aromatic heterocycles. The number of ether oxygens (including phenoxy) is 1. The van der Waals surface area contributed by atoms with Gasteiger partial charge in [0, 0.05) is 5.69 Å². The summed E-state index contributed by atoms with van der Waals surface area (Å²) in [6.07, 6.45) is -2.92. The van der Waals surface area contributed by atoms with Gasteiger partial charge in [-0.3, -0.25) is 0 Å². The summed E-state index contributed by atoms with van der Waals surface area (Å²) in [6.45, 7) is 0.355. The van der Waals surface area contributed by atoms with Gasteiger partial charge >= 0.3 is 6.18 Å². The number of H-pyrrole nitrogens is 1. The maximum absolute atomic E-state index is 11.6. The first kappa shape index (κ1) is 8.89. The van der Waals surface area contributed by atoms with Gasteiger partial charge in [-0.05, 0) is 6.92 Å². The summed E-state index contributed by atoms with van der Waals surface area (Å²) >= 11 is 0. The molecule has 0 saturated heterocycles. The molecular weight excluding hydrogens is 173 g/mol. The molecule has 0 radical (unpaired) electrons. The quantitative estimate of drug-likeness (QED) is 0.751. The maximum atomic E-state index is 11.6. The molecule has 0 fully saturated rings. The van der Waals surface area contributed by atoms with Crippen molar-refractivity contribution in [2.75, 3.05) is 6.61 Å². The number of nitrogens with one attached hydrogen (secondary N) is 1. The van der Waals surface area contributed by atoms with E-state index in [0.717, 1.165) is 0 Å². The minimum atomic E-state index is -4.32. The van der Waals surface area contributed by atoms with Crippen molar-refractivity contribution in [3.8, 4) is 6.01 Å². The van der Waals surface area contributed by atoms with Crippen LogP contribution in [0.25, 0.3) is 0 Å². The molecule has 0 atom stereocenters. The monoisotopic (exact) mass is 180 g/mol. The van der Waals surface area contributed by atoms with Crippen LogP contribution in [0, 0.1) is 6.92 Å². The average Bonchev–Trinajstić information content (AvgIpc) is 2.30. The fraction of sp³-hybridized carbons (Fsp3) is 0.500. The van der Waals surface area contributed by atoms with Gasteiger partial charge in [0.2, 0.25) is 0 Å². The molecule has 1 N–H and O–H groups in total. The van der Waals surface area contributed by atoms with Gasteiger partial charge in [-0.2, -0.15) is 13.2 Å². The first-order valence-electron chi connectivity index (χ1n) is 3.18.